The zero-order valence-electron chi connectivity index (χ0n) is 9.49. The lowest BCUT2D eigenvalue weighted by molar-refractivity contribution is -0.118. The van der Waals surface area contributed by atoms with Crippen molar-refractivity contribution in [3.05, 3.63) is 22.7 Å². The molecule has 1 aromatic carbocycles. The number of carbonyl (C=O) groups is 1. The molecule has 17 heavy (non-hydrogen) atoms. The predicted octanol–water partition coefficient (Wildman–Crippen LogP) is 1.47. The molecule has 90 valence electrons. The maximum atomic E-state index is 11.2. The number of amides is 1. The first-order valence-electron chi connectivity index (χ1n) is 5.07. The average molecular weight is 254 g/mol. The summed E-state index contributed by atoms with van der Waals surface area (Å²) in [6.07, 6.45) is 0. The van der Waals surface area contributed by atoms with Crippen LogP contribution in [0.15, 0.2) is 12.1 Å². The predicted molar refractivity (Wildman–Crippen MR) is 66.2 cm³/mol. The summed E-state index contributed by atoms with van der Waals surface area (Å²) in [6.45, 7) is 1.36. The molecule has 0 aliphatic heterocycles. The summed E-state index contributed by atoms with van der Waals surface area (Å²) in [5.41, 5.74) is 1.88. The summed E-state index contributed by atoms with van der Waals surface area (Å²) in [7, 11) is 1.78. The highest BCUT2D eigenvalue weighted by Crippen LogP contribution is 2.31. The molecule has 0 fully saturated rings. The van der Waals surface area contributed by atoms with Gasteiger partial charge in [0, 0.05) is 7.05 Å². The maximum absolute atomic E-state index is 11.2. The van der Waals surface area contributed by atoms with Crippen LogP contribution in [-0.4, -0.2) is 27.4 Å². The number of rotatable bonds is 2. The molecule has 0 unspecified atom stereocenters. The Hall–Kier alpha value is -1.59. The van der Waals surface area contributed by atoms with E-state index in [0.29, 0.717) is 16.2 Å². The Kier molecular flexibility index (Phi) is 3.04. The maximum Gasteiger partial charge on any atom is 0.251 e. The van der Waals surface area contributed by atoms with Gasteiger partial charge in [-0.15, -0.1) is 0 Å². The van der Waals surface area contributed by atoms with Crippen molar-refractivity contribution in [2.45, 2.75) is 6.92 Å². The Morgan fingerprint density at radius 3 is 2.94 bits per heavy atom. The molecule has 0 bridgehead atoms. The molecule has 2 aromatic rings. The van der Waals surface area contributed by atoms with Gasteiger partial charge in [-0.1, -0.05) is 17.7 Å². The number of aryl methyl sites for hydroxylation is 2. The standard InChI is InChI=1S/C11H12ClN3O2/c1-6-3-4-7(12)9-10(6)15(2)14-11(9)13-8(17)5-16/h3-4,16H,5H2,1-2H3,(H,13,14,17). The topological polar surface area (TPSA) is 67.2 Å². The Morgan fingerprint density at radius 2 is 2.29 bits per heavy atom. The van der Waals surface area contributed by atoms with Crippen LogP contribution in [0.25, 0.3) is 10.9 Å². The smallest absolute Gasteiger partial charge is 0.251 e. The quantitative estimate of drug-likeness (QED) is 0.852. The van der Waals surface area contributed by atoms with Crippen LogP contribution in [0.2, 0.25) is 5.02 Å². The van der Waals surface area contributed by atoms with Gasteiger partial charge in [-0.05, 0) is 18.6 Å². The number of benzene rings is 1. The van der Waals surface area contributed by atoms with Crippen LogP contribution >= 0.6 is 11.6 Å². The third-order valence-corrected chi connectivity index (χ3v) is 2.86. The molecule has 2 rings (SSSR count). The molecule has 0 aliphatic rings. The highest BCUT2D eigenvalue weighted by molar-refractivity contribution is 6.36. The van der Waals surface area contributed by atoms with Crippen LogP contribution in [0.1, 0.15) is 5.56 Å². The van der Waals surface area contributed by atoms with Crippen molar-refractivity contribution in [2.75, 3.05) is 11.9 Å². The second-order valence-corrected chi connectivity index (χ2v) is 4.17. The van der Waals surface area contributed by atoms with Gasteiger partial charge in [0.05, 0.1) is 15.9 Å². The molecule has 5 nitrogen and oxygen atoms in total. The molecular formula is C11H12ClN3O2. The van der Waals surface area contributed by atoms with Crippen molar-refractivity contribution in [1.82, 2.24) is 9.78 Å². The minimum atomic E-state index is -0.582. The van der Waals surface area contributed by atoms with Crippen LogP contribution < -0.4 is 5.32 Å². The molecule has 0 aliphatic carbocycles. The zero-order valence-corrected chi connectivity index (χ0v) is 10.2. The van der Waals surface area contributed by atoms with Crippen molar-refractivity contribution in [2.24, 2.45) is 7.05 Å². The van der Waals surface area contributed by atoms with Gasteiger partial charge in [-0.3, -0.25) is 9.48 Å². The van der Waals surface area contributed by atoms with E-state index < -0.39 is 12.5 Å². The number of carbonyl (C=O) groups excluding carboxylic acids is 1. The molecule has 0 atom stereocenters. The van der Waals surface area contributed by atoms with Crippen molar-refractivity contribution in [1.29, 1.82) is 0 Å². The van der Waals surface area contributed by atoms with Gasteiger partial charge in [0.1, 0.15) is 6.61 Å². The summed E-state index contributed by atoms with van der Waals surface area (Å²) < 4.78 is 1.66. The van der Waals surface area contributed by atoms with E-state index in [9.17, 15) is 4.79 Å². The van der Waals surface area contributed by atoms with Crippen molar-refractivity contribution < 1.29 is 9.90 Å². The van der Waals surface area contributed by atoms with E-state index in [0.717, 1.165) is 11.1 Å². The van der Waals surface area contributed by atoms with Crippen LogP contribution in [-0.2, 0) is 11.8 Å². The molecule has 1 amide bonds. The van der Waals surface area contributed by atoms with E-state index in [2.05, 4.69) is 10.4 Å². The van der Waals surface area contributed by atoms with E-state index in [-0.39, 0.29) is 0 Å². The minimum Gasteiger partial charge on any atom is -0.387 e. The van der Waals surface area contributed by atoms with Gasteiger partial charge < -0.3 is 10.4 Å². The second-order valence-electron chi connectivity index (χ2n) is 3.77. The number of hydrogen-bond acceptors (Lipinski definition) is 3. The van der Waals surface area contributed by atoms with Crippen LogP contribution in [0.3, 0.4) is 0 Å². The zero-order chi connectivity index (χ0) is 12.6. The summed E-state index contributed by atoms with van der Waals surface area (Å²) in [4.78, 5) is 11.2. The fraction of sp³-hybridized carbons (Fsp3) is 0.273. The number of nitrogens with one attached hydrogen (secondary N) is 1. The minimum absolute atomic E-state index is 0.371. The monoisotopic (exact) mass is 253 g/mol. The molecular weight excluding hydrogens is 242 g/mol. The summed E-state index contributed by atoms with van der Waals surface area (Å²) in [5.74, 6) is -0.141. The summed E-state index contributed by atoms with van der Waals surface area (Å²) >= 11 is 6.11. The average Bonchev–Trinajstić information content (AvgIpc) is 2.62. The fourth-order valence-electron chi connectivity index (χ4n) is 1.82. The molecule has 0 saturated heterocycles. The SMILES string of the molecule is Cc1ccc(Cl)c2c(NC(=O)CO)nn(C)c12. The van der Waals surface area contributed by atoms with Crippen LogP contribution in [0.4, 0.5) is 5.82 Å². The Bertz CT molecular complexity index is 592. The number of nitrogens with zero attached hydrogens (tertiary/aromatic N) is 2. The van der Waals surface area contributed by atoms with Gasteiger partial charge in [0.25, 0.3) is 5.91 Å². The Labute approximate surface area is 103 Å². The highest BCUT2D eigenvalue weighted by atomic mass is 35.5. The van der Waals surface area contributed by atoms with Gasteiger partial charge in [-0.25, -0.2) is 0 Å². The lowest BCUT2D eigenvalue weighted by Crippen LogP contribution is -2.16. The fourth-order valence-corrected chi connectivity index (χ4v) is 2.06. The third kappa shape index (κ3) is 1.99. The Morgan fingerprint density at radius 1 is 1.59 bits per heavy atom. The number of fused-ring (bicyclic) bond motifs is 1. The first-order valence-corrected chi connectivity index (χ1v) is 5.45. The van der Waals surface area contributed by atoms with Crippen LogP contribution in [0, 0.1) is 6.92 Å². The second kappa shape index (κ2) is 4.35. The van der Waals surface area contributed by atoms with E-state index in [1.165, 1.54) is 0 Å². The molecule has 2 N–H and O–H groups in total. The van der Waals surface area contributed by atoms with Crippen molar-refractivity contribution >= 4 is 34.2 Å². The largest absolute Gasteiger partial charge is 0.387 e. The van der Waals surface area contributed by atoms with Gasteiger partial charge >= 0.3 is 0 Å². The van der Waals surface area contributed by atoms with Gasteiger partial charge in [0.15, 0.2) is 5.82 Å². The highest BCUT2D eigenvalue weighted by Gasteiger charge is 2.15. The van der Waals surface area contributed by atoms with E-state index in [1.807, 2.05) is 13.0 Å². The number of aliphatic hydroxyl groups excluding tert-OH is 1. The van der Waals surface area contributed by atoms with Crippen molar-refractivity contribution in [3.8, 4) is 0 Å². The lowest BCUT2D eigenvalue weighted by Gasteiger charge is -2.02. The molecule has 0 spiro atoms. The molecule has 6 heteroatoms. The van der Waals surface area contributed by atoms with E-state index in [4.69, 9.17) is 16.7 Å². The molecule has 0 saturated carbocycles. The van der Waals surface area contributed by atoms with Crippen molar-refractivity contribution in [3.63, 3.8) is 0 Å². The first-order chi connectivity index (χ1) is 8.04. The number of hydrogen-bond donors (Lipinski definition) is 2. The lowest BCUT2D eigenvalue weighted by atomic mass is 10.1. The molecule has 0 radical (unpaired) electrons. The summed E-state index contributed by atoms with van der Waals surface area (Å²) in [6, 6.07) is 3.65. The third-order valence-electron chi connectivity index (χ3n) is 2.54. The Balaban J connectivity index is 2.65. The summed E-state index contributed by atoms with van der Waals surface area (Å²) in [5, 5.41) is 16.6. The first kappa shape index (κ1) is 11.9. The van der Waals surface area contributed by atoms with E-state index in [1.54, 1.807) is 17.8 Å². The number of aromatic nitrogens is 2. The number of halogens is 1. The van der Waals surface area contributed by atoms with E-state index >= 15 is 0 Å². The van der Waals surface area contributed by atoms with Gasteiger partial charge in [0.2, 0.25) is 0 Å². The molecule has 1 heterocycles. The normalized spacial score (nSPS) is 10.8. The van der Waals surface area contributed by atoms with Crippen LogP contribution in [0.5, 0.6) is 0 Å². The molecule has 1 aromatic heterocycles. The number of anilines is 1. The number of aliphatic hydroxyl groups is 1. The van der Waals surface area contributed by atoms with Gasteiger partial charge in [-0.2, -0.15) is 5.10 Å².